The van der Waals surface area contributed by atoms with Crippen molar-refractivity contribution in [3.63, 3.8) is 0 Å². The van der Waals surface area contributed by atoms with E-state index in [0.29, 0.717) is 28.3 Å². The molecule has 0 saturated heterocycles. The van der Waals surface area contributed by atoms with Gasteiger partial charge in [-0.2, -0.15) is 0 Å². The van der Waals surface area contributed by atoms with Crippen LogP contribution in [0.2, 0.25) is 5.22 Å². The number of methoxy groups -OCH3 is 2. The molecule has 0 saturated carbocycles. The Morgan fingerprint density at radius 2 is 2.11 bits per heavy atom. The number of hydrogen-bond donors (Lipinski definition) is 1. The molecule has 0 radical (unpaired) electrons. The Balaban J connectivity index is 2.63. The zero-order valence-electron chi connectivity index (χ0n) is 9.94. The Morgan fingerprint density at radius 1 is 1.33 bits per heavy atom. The van der Waals surface area contributed by atoms with Crippen molar-refractivity contribution >= 4 is 11.6 Å². The first-order chi connectivity index (χ1) is 8.72. The number of aliphatic hydroxyl groups excluding tert-OH is 1. The van der Waals surface area contributed by atoms with Crippen molar-refractivity contribution in [1.82, 2.24) is 5.16 Å². The van der Waals surface area contributed by atoms with Gasteiger partial charge in [-0.15, -0.1) is 0 Å². The molecule has 6 heteroatoms. The summed E-state index contributed by atoms with van der Waals surface area (Å²) in [7, 11) is 3.08. The number of nitrogens with zero attached hydrogens (tertiary/aromatic N) is 1. The fraction of sp³-hybridized carbons (Fsp3) is 0.250. The van der Waals surface area contributed by atoms with Gasteiger partial charge in [0.1, 0.15) is 5.69 Å². The fourth-order valence-corrected chi connectivity index (χ4v) is 1.90. The molecule has 2 aromatic rings. The number of aromatic nitrogens is 1. The monoisotopic (exact) mass is 269 g/mol. The molecule has 0 aliphatic rings. The molecule has 0 aliphatic heterocycles. The minimum atomic E-state index is -0.266. The van der Waals surface area contributed by atoms with E-state index in [0.717, 1.165) is 0 Å². The molecule has 0 atom stereocenters. The van der Waals surface area contributed by atoms with Gasteiger partial charge in [0, 0.05) is 0 Å². The van der Waals surface area contributed by atoms with Crippen LogP contribution in [0.5, 0.6) is 11.5 Å². The second-order valence-corrected chi connectivity index (χ2v) is 3.83. The molecule has 0 unspecified atom stereocenters. The van der Waals surface area contributed by atoms with Crippen molar-refractivity contribution in [2.75, 3.05) is 14.2 Å². The number of ether oxygens (including phenoxy) is 2. The summed E-state index contributed by atoms with van der Waals surface area (Å²) in [6.45, 7) is -0.266. The molecule has 0 aliphatic carbocycles. The Morgan fingerprint density at radius 3 is 2.72 bits per heavy atom. The molecule has 18 heavy (non-hydrogen) atoms. The van der Waals surface area contributed by atoms with Gasteiger partial charge in [-0.3, -0.25) is 0 Å². The lowest BCUT2D eigenvalue weighted by molar-refractivity contribution is 0.280. The topological polar surface area (TPSA) is 64.7 Å². The van der Waals surface area contributed by atoms with Gasteiger partial charge in [0.2, 0.25) is 5.22 Å². The molecule has 5 nitrogen and oxygen atoms in total. The Hall–Kier alpha value is -1.72. The van der Waals surface area contributed by atoms with Crippen LogP contribution in [0, 0.1) is 0 Å². The number of hydrogen-bond acceptors (Lipinski definition) is 5. The largest absolute Gasteiger partial charge is 0.493 e. The van der Waals surface area contributed by atoms with Gasteiger partial charge in [-0.1, -0.05) is 11.2 Å². The number of aliphatic hydroxyl groups is 1. The maximum Gasteiger partial charge on any atom is 0.232 e. The first-order valence-corrected chi connectivity index (χ1v) is 5.57. The molecule has 1 aromatic heterocycles. The maximum atomic E-state index is 9.28. The average molecular weight is 270 g/mol. The zero-order chi connectivity index (χ0) is 13.1. The molecule has 1 heterocycles. The SMILES string of the molecule is COc1cccc(-c2noc(Cl)c2CO)c1OC. The van der Waals surface area contributed by atoms with E-state index in [1.54, 1.807) is 25.3 Å². The van der Waals surface area contributed by atoms with Crippen LogP contribution < -0.4 is 9.47 Å². The van der Waals surface area contributed by atoms with E-state index < -0.39 is 0 Å². The van der Waals surface area contributed by atoms with Gasteiger partial charge in [-0.25, -0.2) is 0 Å². The normalized spacial score (nSPS) is 10.4. The zero-order valence-corrected chi connectivity index (χ0v) is 10.7. The van der Waals surface area contributed by atoms with E-state index in [1.807, 2.05) is 0 Å². The van der Waals surface area contributed by atoms with Crippen molar-refractivity contribution in [1.29, 1.82) is 0 Å². The van der Waals surface area contributed by atoms with Crippen LogP contribution >= 0.6 is 11.6 Å². The van der Waals surface area contributed by atoms with Crippen molar-refractivity contribution in [3.8, 4) is 22.8 Å². The van der Waals surface area contributed by atoms with Crippen LogP contribution in [-0.4, -0.2) is 24.5 Å². The summed E-state index contributed by atoms with van der Waals surface area (Å²) in [6.07, 6.45) is 0. The van der Waals surface area contributed by atoms with E-state index in [4.69, 9.17) is 25.6 Å². The third-order valence-electron chi connectivity index (χ3n) is 2.56. The molecule has 0 bridgehead atoms. The van der Waals surface area contributed by atoms with Crippen LogP contribution in [0.25, 0.3) is 11.3 Å². The minimum Gasteiger partial charge on any atom is -0.493 e. The summed E-state index contributed by atoms with van der Waals surface area (Å²) >= 11 is 5.80. The third-order valence-corrected chi connectivity index (χ3v) is 2.85. The van der Waals surface area contributed by atoms with Crippen molar-refractivity contribution in [2.45, 2.75) is 6.61 Å². The molecular formula is C12H12ClNO4. The summed E-state index contributed by atoms with van der Waals surface area (Å²) in [5.74, 6) is 1.08. The molecule has 0 fully saturated rings. The molecule has 1 N–H and O–H groups in total. The second-order valence-electron chi connectivity index (χ2n) is 3.48. The van der Waals surface area contributed by atoms with E-state index in [9.17, 15) is 5.11 Å². The minimum absolute atomic E-state index is 0.0670. The van der Waals surface area contributed by atoms with Crippen LogP contribution in [0.1, 0.15) is 5.56 Å². The van der Waals surface area contributed by atoms with Gasteiger partial charge in [0.05, 0.1) is 32.0 Å². The van der Waals surface area contributed by atoms with Crippen molar-refractivity contribution < 1.29 is 19.1 Å². The van der Waals surface area contributed by atoms with Gasteiger partial charge in [0.25, 0.3) is 0 Å². The Labute approximate surface area is 109 Å². The van der Waals surface area contributed by atoms with Crippen LogP contribution in [0.15, 0.2) is 22.7 Å². The summed E-state index contributed by atoms with van der Waals surface area (Å²) in [4.78, 5) is 0. The lowest BCUT2D eigenvalue weighted by Crippen LogP contribution is -1.95. The number of benzene rings is 1. The van der Waals surface area contributed by atoms with Gasteiger partial charge in [0.15, 0.2) is 11.5 Å². The number of halogens is 1. The lowest BCUT2D eigenvalue weighted by Gasteiger charge is -2.11. The highest BCUT2D eigenvalue weighted by molar-refractivity contribution is 6.29. The summed E-state index contributed by atoms with van der Waals surface area (Å²) in [5, 5.41) is 13.2. The quantitative estimate of drug-likeness (QED) is 0.924. The molecule has 0 amide bonds. The van der Waals surface area contributed by atoms with Gasteiger partial charge < -0.3 is 19.1 Å². The molecule has 0 spiro atoms. The molecular weight excluding hydrogens is 258 g/mol. The number of rotatable bonds is 4. The molecule has 96 valence electrons. The first-order valence-electron chi connectivity index (χ1n) is 5.19. The van der Waals surface area contributed by atoms with Crippen LogP contribution in [0.4, 0.5) is 0 Å². The van der Waals surface area contributed by atoms with Crippen molar-refractivity contribution in [2.24, 2.45) is 0 Å². The average Bonchev–Trinajstić information content (AvgIpc) is 2.78. The Bertz CT molecular complexity index is 553. The summed E-state index contributed by atoms with van der Waals surface area (Å²) in [5.41, 5.74) is 1.51. The van der Waals surface area contributed by atoms with E-state index in [2.05, 4.69) is 5.16 Å². The smallest absolute Gasteiger partial charge is 0.232 e. The maximum absolute atomic E-state index is 9.28. The standard InChI is InChI=1S/C12H12ClNO4/c1-16-9-5-3-4-7(11(9)17-2)10-8(6-15)12(13)18-14-10/h3-5,15H,6H2,1-2H3. The third kappa shape index (κ3) is 2.02. The predicted molar refractivity (Wildman–Crippen MR) is 66.0 cm³/mol. The van der Waals surface area contributed by atoms with Gasteiger partial charge >= 0.3 is 0 Å². The van der Waals surface area contributed by atoms with Gasteiger partial charge in [-0.05, 0) is 23.7 Å². The highest BCUT2D eigenvalue weighted by atomic mass is 35.5. The second kappa shape index (κ2) is 5.29. The van der Waals surface area contributed by atoms with E-state index in [1.165, 1.54) is 7.11 Å². The predicted octanol–water partition coefficient (Wildman–Crippen LogP) is 2.50. The molecule has 2 rings (SSSR count). The highest BCUT2D eigenvalue weighted by Crippen LogP contribution is 2.40. The van der Waals surface area contributed by atoms with E-state index >= 15 is 0 Å². The Kier molecular flexibility index (Phi) is 3.74. The van der Waals surface area contributed by atoms with Crippen LogP contribution in [-0.2, 0) is 6.61 Å². The summed E-state index contributed by atoms with van der Waals surface area (Å²) in [6, 6.07) is 5.35. The highest BCUT2D eigenvalue weighted by Gasteiger charge is 2.20. The number of para-hydroxylation sites is 1. The molecule has 1 aromatic carbocycles. The fourth-order valence-electron chi connectivity index (χ4n) is 1.71. The first kappa shape index (κ1) is 12.7. The lowest BCUT2D eigenvalue weighted by atomic mass is 10.1. The summed E-state index contributed by atoms with van der Waals surface area (Å²) < 4.78 is 15.4. The van der Waals surface area contributed by atoms with E-state index in [-0.39, 0.29) is 11.8 Å². The van der Waals surface area contributed by atoms with Crippen LogP contribution in [0.3, 0.4) is 0 Å². The van der Waals surface area contributed by atoms with Crippen molar-refractivity contribution in [3.05, 3.63) is 29.0 Å².